The molecule has 1 aliphatic heterocycles. The number of amides is 2. The van der Waals surface area contributed by atoms with E-state index in [4.69, 9.17) is 9.15 Å². The number of carbonyl (C=O) groups is 2. The first-order valence-electron chi connectivity index (χ1n) is 8.98. The second-order valence-electron chi connectivity index (χ2n) is 6.42. The Labute approximate surface area is 163 Å². The van der Waals surface area contributed by atoms with Crippen LogP contribution in [0.5, 0.6) is 0 Å². The fraction of sp³-hybridized carbons (Fsp3) is 0.368. The Morgan fingerprint density at radius 3 is 2.46 bits per heavy atom. The van der Waals surface area contributed by atoms with Crippen LogP contribution < -0.4 is 10.6 Å². The highest BCUT2D eigenvalue weighted by molar-refractivity contribution is 7.91. The summed E-state index contributed by atoms with van der Waals surface area (Å²) < 4.78 is 36.6. The minimum Gasteiger partial charge on any atom is -0.468 e. The molecule has 1 aromatic carbocycles. The van der Waals surface area contributed by atoms with Crippen molar-refractivity contribution in [3.05, 3.63) is 54.5 Å². The van der Waals surface area contributed by atoms with E-state index in [1.165, 1.54) is 24.5 Å². The van der Waals surface area contributed by atoms with Crippen LogP contribution in [0.15, 0.2) is 58.0 Å². The third-order valence-corrected chi connectivity index (χ3v) is 6.55. The van der Waals surface area contributed by atoms with Crippen LogP contribution in [0, 0.1) is 0 Å². The maximum Gasteiger partial charge on any atom is 0.309 e. The number of hydrogen-bond donors (Lipinski definition) is 2. The summed E-state index contributed by atoms with van der Waals surface area (Å²) in [5.41, 5.74) is 0. The van der Waals surface area contributed by atoms with Gasteiger partial charge >= 0.3 is 11.8 Å². The van der Waals surface area contributed by atoms with Crippen molar-refractivity contribution < 1.29 is 27.2 Å². The van der Waals surface area contributed by atoms with Crippen LogP contribution in [0.2, 0.25) is 0 Å². The molecule has 2 heterocycles. The predicted octanol–water partition coefficient (Wildman–Crippen LogP) is 1.21. The number of rotatable bonds is 7. The topological polar surface area (TPSA) is 115 Å². The first kappa shape index (κ1) is 20.1. The summed E-state index contributed by atoms with van der Waals surface area (Å²) in [6.07, 6.45) is 3.03. The largest absolute Gasteiger partial charge is 0.468 e. The van der Waals surface area contributed by atoms with Crippen molar-refractivity contribution in [2.75, 3.05) is 19.7 Å². The van der Waals surface area contributed by atoms with E-state index in [0.29, 0.717) is 6.61 Å². The molecule has 0 aliphatic carbocycles. The van der Waals surface area contributed by atoms with Gasteiger partial charge in [-0.1, -0.05) is 18.2 Å². The molecule has 9 heteroatoms. The standard InChI is InChI=1S/C19H22N2O6S/c22-18(20-12-14-6-4-10-26-14)19(23)21-13-17(16-9-5-11-27-16)28(24,25)15-7-2-1-3-8-15/h1-3,5,7-9,11,14,17H,4,6,10,12-13H2,(H,20,22)(H,21,23)/t14-,17+/m1/s1. The van der Waals surface area contributed by atoms with Crippen LogP contribution in [-0.4, -0.2) is 46.0 Å². The van der Waals surface area contributed by atoms with Gasteiger partial charge in [0.15, 0.2) is 9.84 Å². The van der Waals surface area contributed by atoms with Crippen LogP contribution >= 0.6 is 0 Å². The molecule has 1 aliphatic rings. The maximum atomic E-state index is 13.0. The lowest BCUT2D eigenvalue weighted by molar-refractivity contribution is -0.139. The average molecular weight is 406 g/mol. The monoisotopic (exact) mass is 406 g/mol. The van der Waals surface area contributed by atoms with Gasteiger partial charge in [0, 0.05) is 19.7 Å². The third-order valence-electron chi connectivity index (χ3n) is 4.48. The fourth-order valence-corrected chi connectivity index (χ4v) is 4.58. The van der Waals surface area contributed by atoms with Crippen molar-refractivity contribution >= 4 is 21.7 Å². The zero-order valence-electron chi connectivity index (χ0n) is 15.2. The summed E-state index contributed by atoms with van der Waals surface area (Å²) in [5.74, 6) is -1.55. The minimum atomic E-state index is -3.83. The van der Waals surface area contributed by atoms with Gasteiger partial charge in [0.05, 0.1) is 17.3 Å². The van der Waals surface area contributed by atoms with Crippen molar-refractivity contribution in [2.45, 2.75) is 29.1 Å². The van der Waals surface area contributed by atoms with Crippen molar-refractivity contribution in [3.8, 4) is 0 Å². The van der Waals surface area contributed by atoms with Gasteiger partial charge in [-0.05, 0) is 37.1 Å². The number of sulfone groups is 1. The lowest BCUT2D eigenvalue weighted by Gasteiger charge is -2.17. The molecule has 1 aromatic heterocycles. The number of nitrogens with one attached hydrogen (secondary N) is 2. The number of furan rings is 1. The fourth-order valence-electron chi connectivity index (χ4n) is 2.97. The Morgan fingerprint density at radius 2 is 1.82 bits per heavy atom. The molecule has 3 rings (SSSR count). The highest BCUT2D eigenvalue weighted by atomic mass is 32.2. The second-order valence-corrected chi connectivity index (χ2v) is 8.55. The molecule has 0 radical (unpaired) electrons. The Hall–Kier alpha value is -2.65. The van der Waals surface area contributed by atoms with E-state index in [9.17, 15) is 18.0 Å². The third kappa shape index (κ3) is 4.79. The predicted molar refractivity (Wildman–Crippen MR) is 100 cm³/mol. The van der Waals surface area contributed by atoms with E-state index in [0.717, 1.165) is 12.8 Å². The van der Waals surface area contributed by atoms with Crippen LogP contribution in [0.25, 0.3) is 0 Å². The number of carbonyl (C=O) groups excluding carboxylic acids is 2. The molecule has 28 heavy (non-hydrogen) atoms. The van der Waals surface area contributed by atoms with E-state index in [1.807, 2.05) is 0 Å². The summed E-state index contributed by atoms with van der Waals surface area (Å²) in [7, 11) is -3.83. The highest BCUT2D eigenvalue weighted by Gasteiger charge is 2.32. The summed E-state index contributed by atoms with van der Waals surface area (Å²) in [5, 5.41) is 3.74. The van der Waals surface area contributed by atoms with Crippen molar-refractivity contribution in [2.24, 2.45) is 0 Å². The van der Waals surface area contributed by atoms with Gasteiger partial charge in [0.1, 0.15) is 11.0 Å². The Morgan fingerprint density at radius 1 is 1.07 bits per heavy atom. The van der Waals surface area contributed by atoms with Crippen LogP contribution in [0.1, 0.15) is 23.9 Å². The number of benzene rings is 1. The minimum absolute atomic E-state index is 0.0916. The molecule has 1 fully saturated rings. The van der Waals surface area contributed by atoms with Gasteiger partial charge < -0.3 is 19.8 Å². The van der Waals surface area contributed by atoms with Gasteiger partial charge in [-0.15, -0.1) is 0 Å². The second kappa shape index (κ2) is 9.03. The normalized spacial score (nSPS) is 17.8. The molecule has 0 saturated carbocycles. The zero-order valence-corrected chi connectivity index (χ0v) is 16.0. The van der Waals surface area contributed by atoms with Gasteiger partial charge in [-0.25, -0.2) is 8.42 Å². The summed E-state index contributed by atoms with van der Waals surface area (Å²) in [6.45, 7) is 0.599. The number of hydrogen-bond acceptors (Lipinski definition) is 6. The number of ether oxygens (including phenoxy) is 1. The van der Waals surface area contributed by atoms with E-state index in [1.54, 1.807) is 24.3 Å². The van der Waals surface area contributed by atoms with E-state index >= 15 is 0 Å². The molecular weight excluding hydrogens is 384 g/mol. The smallest absolute Gasteiger partial charge is 0.309 e. The molecule has 1 saturated heterocycles. The highest BCUT2D eigenvalue weighted by Crippen LogP contribution is 2.28. The molecule has 0 bridgehead atoms. The van der Waals surface area contributed by atoms with Gasteiger partial charge in [-0.2, -0.15) is 0 Å². The van der Waals surface area contributed by atoms with Crippen LogP contribution in [-0.2, 0) is 24.2 Å². The molecule has 8 nitrogen and oxygen atoms in total. The van der Waals surface area contributed by atoms with E-state index < -0.39 is 26.9 Å². The van der Waals surface area contributed by atoms with E-state index in [2.05, 4.69) is 10.6 Å². The lowest BCUT2D eigenvalue weighted by atomic mass is 10.2. The van der Waals surface area contributed by atoms with E-state index in [-0.39, 0.29) is 29.8 Å². The SMILES string of the molecule is O=C(NC[C@H]1CCCO1)C(=O)NC[C@@H](c1ccco1)S(=O)(=O)c1ccccc1. The lowest BCUT2D eigenvalue weighted by Crippen LogP contribution is -2.44. The molecule has 150 valence electrons. The summed E-state index contributed by atoms with van der Waals surface area (Å²) in [6, 6.07) is 11.0. The first-order chi connectivity index (χ1) is 13.5. The molecule has 0 unspecified atom stereocenters. The van der Waals surface area contributed by atoms with Gasteiger partial charge in [0.25, 0.3) is 0 Å². The molecule has 2 N–H and O–H groups in total. The molecular formula is C19H22N2O6S. The summed E-state index contributed by atoms with van der Waals surface area (Å²) in [4.78, 5) is 24.2. The Kier molecular flexibility index (Phi) is 6.48. The average Bonchev–Trinajstić information content (AvgIpc) is 3.41. The van der Waals surface area contributed by atoms with Gasteiger partial charge in [-0.3, -0.25) is 9.59 Å². The van der Waals surface area contributed by atoms with Crippen molar-refractivity contribution in [1.82, 2.24) is 10.6 Å². The molecule has 2 amide bonds. The first-order valence-corrected chi connectivity index (χ1v) is 10.5. The van der Waals surface area contributed by atoms with Crippen LogP contribution in [0.3, 0.4) is 0 Å². The summed E-state index contributed by atoms with van der Waals surface area (Å²) >= 11 is 0. The molecule has 2 aromatic rings. The molecule has 2 atom stereocenters. The van der Waals surface area contributed by atoms with Crippen molar-refractivity contribution in [1.29, 1.82) is 0 Å². The van der Waals surface area contributed by atoms with Crippen LogP contribution in [0.4, 0.5) is 0 Å². The zero-order chi connectivity index (χ0) is 20.0. The Balaban J connectivity index is 1.65. The quantitative estimate of drug-likeness (QED) is 0.668. The molecule has 0 spiro atoms. The maximum absolute atomic E-state index is 13.0. The van der Waals surface area contributed by atoms with Crippen molar-refractivity contribution in [3.63, 3.8) is 0 Å². The Bertz CT molecular complexity index is 890. The van der Waals surface area contributed by atoms with Gasteiger partial charge in [0.2, 0.25) is 0 Å².